The summed E-state index contributed by atoms with van der Waals surface area (Å²) < 4.78 is 0. The van der Waals surface area contributed by atoms with Gasteiger partial charge >= 0.3 is 0 Å². The lowest BCUT2D eigenvalue weighted by Gasteiger charge is -2.23. The Labute approximate surface area is 107 Å². The third kappa shape index (κ3) is 3.58. The number of aryl methyl sites for hydroxylation is 1. The fourth-order valence-electron chi connectivity index (χ4n) is 2.08. The van der Waals surface area contributed by atoms with Gasteiger partial charge < -0.3 is 10.6 Å². The topological polar surface area (TPSA) is 58.2 Å². The van der Waals surface area contributed by atoms with Gasteiger partial charge in [0.25, 0.3) is 0 Å². The van der Waals surface area contributed by atoms with Gasteiger partial charge in [-0.1, -0.05) is 29.8 Å². The molecule has 1 unspecified atom stereocenters. The molecule has 0 aliphatic carbocycles. The molecule has 1 saturated heterocycles. The molecule has 1 atom stereocenters. The molecule has 18 heavy (non-hydrogen) atoms. The Morgan fingerprint density at radius 2 is 2.11 bits per heavy atom. The third-order valence-electron chi connectivity index (χ3n) is 3.10. The monoisotopic (exact) mass is 246 g/mol. The quantitative estimate of drug-likeness (QED) is 0.833. The molecule has 1 heterocycles. The lowest BCUT2D eigenvalue weighted by atomic mass is 10.0. The molecule has 0 bridgehead atoms. The molecule has 4 heteroatoms. The van der Waals surface area contributed by atoms with Crippen molar-refractivity contribution < 1.29 is 9.59 Å². The number of carbonyl (C=O) groups excluding carboxylic acids is 2. The van der Waals surface area contributed by atoms with Gasteiger partial charge in [0, 0.05) is 19.0 Å². The second-order valence-corrected chi connectivity index (χ2v) is 4.77. The van der Waals surface area contributed by atoms with Crippen molar-refractivity contribution in [2.24, 2.45) is 0 Å². The van der Waals surface area contributed by atoms with Gasteiger partial charge in [-0.15, -0.1) is 0 Å². The van der Waals surface area contributed by atoms with Crippen molar-refractivity contribution in [3.63, 3.8) is 0 Å². The molecule has 0 saturated carbocycles. The van der Waals surface area contributed by atoms with Gasteiger partial charge in [-0.25, -0.2) is 0 Å². The summed E-state index contributed by atoms with van der Waals surface area (Å²) in [6.45, 7) is 2.67. The highest BCUT2D eigenvalue weighted by molar-refractivity contribution is 5.81. The van der Waals surface area contributed by atoms with Crippen LogP contribution in [0.4, 0.5) is 0 Å². The second-order valence-electron chi connectivity index (χ2n) is 4.77. The molecule has 1 fully saturated rings. The zero-order valence-corrected chi connectivity index (χ0v) is 10.5. The molecule has 0 spiro atoms. The molecule has 1 aromatic rings. The fourth-order valence-corrected chi connectivity index (χ4v) is 2.08. The molecular weight excluding hydrogens is 228 g/mol. The van der Waals surface area contributed by atoms with Crippen molar-refractivity contribution in [2.75, 3.05) is 6.54 Å². The summed E-state index contributed by atoms with van der Waals surface area (Å²) in [5.41, 5.74) is 2.18. The lowest BCUT2D eigenvalue weighted by Crippen LogP contribution is -2.45. The van der Waals surface area contributed by atoms with Crippen LogP contribution in [0.25, 0.3) is 0 Å². The first kappa shape index (κ1) is 12.6. The molecular formula is C14H18N2O2. The molecule has 96 valence electrons. The molecule has 1 aliphatic heterocycles. The molecule has 1 aromatic carbocycles. The lowest BCUT2D eigenvalue weighted by molar-refractivity contribution is -0.124. The van der Waals surface area contributed by atoms with Crippen LogP contribution in [0.3, 0.4) is 0 Å². The fraction of sp³-hybridized carbons (Fsp3) is 0.429. The van der Waals surface area contributed by atoms with E-state index >= 15 is 0 Å². The van der Waals surface area contributed by atoms with Crippen molar-refractivity contribution in [2.45, 2.75) is 32.2 Å². The molecule has 2 rings (SSSR count). The van der Waals surface area contributed by atoms with Gasteiger partial charge in [0.05, 0.1) is 6.42 Å². The molecule has 0 radical (unpaired) electrons. The Morgan fingerprint density at radius 1 is 1.39 bits per heavy atom. The van der Waals surface area contributed by atoms with Crippen LogP contribution in [0.2, 0.25) is 0 Å². The summed E-state index contributed by atoms with van der Waals surface area (Å²) in [5, 5.41) is 5.66. The first-order valence-corrected chi connectivity index (χ1v) is 6.25. The van der Waals surface area contributed by atoms with Crippen LogP contribution in [0.5, 0.6) is 0 Å². The maximum atomic E-state index is 11.8. The van der Waals surface area contributed by atoms with Crippen LogP contribution < -0.4 is 10.6 Å². The number of nitrogens with one attached hydrogen (secondary N) is 2. The number of amides is 2. The van der Waals surface area contributed by atoms with E-state index in [0.29, 0.717) is 19.4 Å². The molecule has 2 N–H and O–H groups in total. The minimum atomic E-state index is -0.0169. The largest absolute Gasteiger partial charge is 0.356 e. The predicted octanol–water partition coefficient (Wildman–Crippen LogP) is 0.932. The molecule has 0 aromatic heterocycles. The Balaban J connectivity index is 1.84. The van der Waals surface area contributed by atoms with Gasteiger partial charge in [-0.2, -0.15) is 0 Å². The Kier molecular flexibility index (Phi) is 3.97. The third-order valence-corrected chi connectivity index (χ3v) is 3.10. The highest BCUT2D eigenvalue weighted by Crippen LogP contribution is 2.06. The van der Waals surface area contributed by atoms with Crippen LogP contribution in [0.1, 0.15) is 24.0 Å². The zero-order valence-electron chi connectivity index (χ0n) is 10.5. The minimum Gasteiger partial charge on any atom is -0.356 e. The highest BCUT2D eigenvalue weighted by Gasteiger charge is 2.20. The maximum Gasteiger partial charge on any atom is 0.224 e. The number of benzene rings is 1. The van der Waals surface area contributed by atoms with Crippen LogP contribution in [0, 0.1) is 6.92 Å². The van der Waals surface area contributed by atoms with E-state index < -0.39 is 0 Å². The van der Waals surface area contributed by atoms with E-state index in [1.807, 2.05) is 31.2 Å². The van der Waals surface area contributed by atoms with Crippen molar-refractivity contribution in [3.05, 3.63) is 35.4 Å². The summed E-state index contributed by atoms with van der Waals surface area (Å²) in [7, 11) is 0. The minimum absolute atomic E-state index is 0.0152. The van der Waals surface area contributed by atoms with E-state index in [-0.39, 0.29) is 17.9 Å². The van der Waals surface area contributed by atoms with E-state index in [1.54, 1.807) is 0 Å². The number of hydrogen-bond acceptors (Lipinski definition) is 2. The van der Waals surface area contributed by atoms with Crippen molar-refractivity contribution in [1.29, 1.82) is 0 Å². The SMILES string of the molecule is Cc1ccc(CC(=O)NC2CCNC(=O)C2)cc1. The first-order valence-electron chi connectivity index (χ1n) is 6.25. The summed E-state index contributed by atoms with van der Waals surface area (Å²) in [4.78, 5) is 23.0. The Morgan fingerprint density at radius 3 is 2.78 bits per heavy atom. The van der Waals surface area contributed by atoms with Crippen LogP contribution in [0.15, 0.2) is 24.3 Å². The number of hydrogen-bond donors (Lipinski definition) is 2. The highest BCUT2D eigenvalue weighted by atomic mass is 16.2. The molecule has 2 amide bonds. The zero-order chi connectivity index (χ0) is 13.0. The van der Waals surface area contributed by atoms with Gasteiger partial charge in [0.2, 0.25) is 11.8 Å². The summed E-state index contributed by atoms with van der Waals surface area (Å²) in [6, 6.07) is 7.90. The smallest absolute Gasteiger partial charge is 0.224 e. The van der Waals surface area contributed by atoms with E-state index in [4.69, 9.17) is 0 Å². The standard InChI is InChI=1S/C14H18N2O2/c1-10-2-4-11(5-3-10)8-14(18)16-12-6-7-15-13(17)9-12/h2-5,12H,6-9H2,1H3,(H,15,17)(H,16,18). The van der Waals surface area contributed by atoms with Crippen LogP contribution in [-0.4, -0.2) is 24.4 Å². The van der Waals surface area contributed by atoms with Gasteiger partial charge in [0.1, 0.15) is 0 Å². The van der Waals surface area contributed by atoms with Crippen LogP contribution >= 0.6 is 0 Å². The van der Waals surface area contributed by atoms with E-state index in [1.165, 1.54) is 5.56 Å². The van der Waals surface area contributed by atoms with Crippen LogP contribution in [-0.2, 0) is 16.0 Å². The summed E-state index contributed by atoms with van der Waals surface area (Å²) in [6.07, 6.45) is 1.57. The predicted molar refractivity (Wildman–Crippen MR) is 69.1 cm³/mol. The van der Waals surface area contributed by atoms with Gasteiger partial charge in [-0.05, 0) is 18.9 Å². The summed E-state index contributed by atoms with van der Waals surface area (Å²) in [5.74, 6) is 0.000406. The number of rotatable bonds is 3. The van der Waals surface area contributed by atoms with Gasteiger partial charge in [0.15, 0.2) is 0 Å². The van der Waals surface area contributed by atoms with Crippen molar-refractivity contribution in [3.8, 4) is 0 Å². The Bertz CT molecular complexity index is 440. The number of piperidine rings is 1. The average molecular weight is 246 g/mol. The van der Waals surface area contributed by atoms with Crippen molar-refractivity contribution in [1.82, 2.24) is 10.6 Å². The first-order chi connectivity index (χ1) is 8.63. The van der Waals surface area contributed by atoms with E-state index in [0.717, 1.165) is 12.0 Å². The summed E-state index contributed by atoms with van der Waals surface area (Å²) >= 11 is 0. The van der Waals surface area contributed by atoms with Gasteiger partial charge in [-0.3, -0.25) is 9.59 Å². The normalized spacial score (nSPS) is 19.2. The Hall–Kier alpha value is -1.84. The second kappa shape index (κ2) is 5.67. The van der Waals surface area contributed by atoms with E-state index in [2.05, 4.69) is 10.6 Å². The molecule has 4 nitrogen and oxygen atoms in total. The van der Waals surface area contributed by atoms with E-state index in [9.17, 15) is 9.59 Å². The average Bonchev–Trinajstić information content (AvgIpc) is 2.32. The van der Waals surface area contributed by atoms with Crippen molar-refractivity contribution >= 4 is 11.8 Å². The number of carbonyl (C=O) groups is 2. The maximum absolute atomic E-state index is 11.8. The molecule has 1 aliphatic rings.